The third-order valence-corrected chi connectivity index (χ3v) is 6.37. The lowest BCUT2D eigenvalue weighted by Crippen LogP contribution is -2.31. The highest BCUT2D eigenvalue weighted by atomic mass is 35.5. The first kappa shape index (κ1) is 25.6. The maximum Gasteiger partial charge on any atom is 0.253 e. The first-order chi connectivity index (χ1) is 16.3. The van der Waals surface area contributed by atoms with Crippen LogP contribution in [0.1, 0.15) is 42.5 Å². The van der Waals surface area contributed by atoms with Crippen LogP contribution >= 0.6 is 23.4 Å². The molecule has 0 radical (unpaired) electrons. The Balaban J connectivity index is 1.69. The lowest BCUT2D eigenvalue weighted by atomic mass is 10.0. The Hall–Kier alpha value is -3.04. The average Bonchev–Trinajstić information content (AvgIpc) is 3.17. The van der Waals surface area contributed by atoms with E-state index in [1.54, 1.807) is 48.1 Å². The zero-order valence-electron chi connectivity index (χ0n) is 19.5. The Bertz CT molecular complexity index is 1150. The van der Waals surface area contributed by atoms with E-state index in [-0.39, 0.29) is 23.6 Å². The van der Waals surface area contributed by atoms with Gasteiger partial charge in [-0.1, -0.05) is 61.5 Å². The van der Waals surface area contributed by atoms with Gasteiger partial charge < -0.3 is 19.9 Å². The Morgan fingerprint density at radius 2 is 1.82 bits per heavy atom. The highest BCUT2D eigenvalue weighted by Gasteiger charge is 2.24. The van der Waals surface area contributed by atoms with Crippen molar-refractivity contribution >= 4 is 40.9 Å². The van der Waals surface area contributed by atoms with Gasteiger partial charge in [-0.3, -0.25) is 9.59 Å². The molecule has 0 saturated heterocycles. The molecular formula is C24H28ClN5O3S. The monoisotopic (exact) mass is 501 g/mol. The van der Waals surface area contributed by atoms with Crippen molar-refractivity contribution in [3.8, 4) is 5.75 Å². The highest BCUT2D eigenvalue weighted by molar-refractivity contribution is 7.99. The van der Waals surface area contributed by atoms with E-state index in [9.17, 15) is 9.59 Å². The Morgan fingerprint density at radius 1 is 1.12 bits per heavy atom. The first-order valence-electron chi connectivity index (χ1n) is 10.8. The van der Waals surface area contributed by atoms with E-state index in [1.807, 2.05) is 19.2 Å². The van der Waals surface area contributed by atoms with Crippen LogP contribution in [0.5, 0.6) is 5.75 Å². The molecule has 0 aliphatic carbocycles. The molecule has 8 nitrogen and oxygen atoms in total. The van der Waals surface area contributed by atoms with Crippen LogP contribution in [0.2, 0.25) is 5.02 Å². The molecular weight excluding hydrogens is 474 g/mol. The standard InChI is InChI=1S/C24H28ClN5O3S/c1-15(2)13-19(27-23(32)16-9-5-6-10-17(16)25)22-28-29-24(30(22)3)34-14-21(31)26-18-11-7-8-12-20(18)33-4/h5-12,15,19H,13-14H2,1-4H3,(H,26,31)(H,27,32)/t19-/m0/s1. The quantitative estimate of drug-likeness (QED) is 0.390. The summed E-state index contributed by atoms with van der Waals surface area (Å²) in [6.07, 6.45) is 0.668. The molecule has 1 heterocycles. The second kappa shape index (κ2) is 11.9. The van der Waals surface area contributed by atoms with Crippen molar-refractivity contribution in [3.05, 3.63) is 64.9 Å². The van der Waals surface area contributed by atoms with Crippen molar-refractivity contribution in [1.29, 1.82) is 0 Å². The van der Waals surface area contributed by atoms with Crippen LogP contribution in [0.3, 0.4) is 0 Å². The number of aromatic nitrogens is 3. The number of para-hydroxylation sites is 2. The fourth-order valence-corrected chi connectivity index (χ4v) is 4.34. The number of amides is 2. The maximum atomic E-state index is 12.9. The molecule has 3 aromatic rings. The van der Waals surface area contributed by atoms with E-state index in [0.29, 0.717) is 45.3 Å². The number of carbonyl (C=O) groups is 2. The van der Waals surface area contributed by atoms with Crippen molar-refractivity contribution in [3.63, 3.8) is 0 Å². The lowest BCUT2D eigenvalue weighted by molar-refractivity contribution is -0.113. The first-order valence-corrected chi connectivity index (χ1v) is 12.2. The molecule has 0 spiro atoms. The minimum absolute atomic E-state index is 0.144. The van der Waals surface area contributed by atoms with E-state index >= 15 is 0 Å². The number of nitrogens with one attached hydrogen (secondary N) is 2. The number of hydrogen-bond donors (Lipinski definition) is 2. The molecule has 3 rings (SSSR count). The SMILES string of the molecule is COc1ccccc1NC(=O)CSc1nnc([C@H](CC(C)C)NC(=O)c2ccccc2Cl)n1C. The molecule has 2 aromatic carbocycles. The summed E-state index contributed by atoms with van der Waals surface area (Å²) in [5.41, 5.74) is 1.01. The normalized spacial score (nSPS) is 11.8. The van der Waals surface area contributed by atoms with Crippen molar-refractivity contribution in [2.75, 3.05) is 18.2 Å². The number of thioether (sulfide) groups is 1. The van der Waals surface area contributed by atoms with Gasteiger partial charge in [0.2, 0.25) is 5.91 Å². The fourth-order valence-electron chi connectivity index (χ4n) is 3.40. The molecule has 2 amide bonds. The van der Waals surface area contributed by atoms with Crippen LogP contribution in [0.4, 0.5) is 5.69 Å². The van der Waals surface area contributed by atoms with Crippen LogP contribution in [0.15, 0.2) is 53.7 Å². The topological polar surface area (TPSA) is 98.1 Å². The number of halogens is 1. The number of carbonyl (C=O) groups excluding carboxylic acids is 2. The predicted molar refractivity (Wildman–Crippen MR) is 134 cm³/mol. The van der Waals surface area contributed by atoms with Gasteiger partial charge in [-0.25, -0.2) is 0 Å². The Kier molecular flexibility index (Phi) is 8.95. The van der Waals surface area contributed by atoms with Gasteiger partial charge in [-0.05, 0) is 36.6 Å². The van der Waals surface area contributed by atoms with Crippen LogP contribution in [-0.2, 0) is 11.8 Å². The molecule has 0 bridgehead atoms. The number of hydrogen-bond acceptors (Lipinski definition) is 6. The molecule has 0 unspecified atom stereocenters. The van der Waals surface area contributed by atoms with E-state index in [1.165, 1.54) is 11.8 Å². The van der Waals surface area contributed by atoms with Crippen molar-refractivity contribution in [1.82, 2.24) is 20.1 Å². The molecule has 0 saturated carbocycles. The summed E-state index contributed by atoms with van der Waals surface area (Å²) in [6.45, 7) is 4.14. The third-order valence-electron chi connectivity index (χ3n) is 5.02. The summed E-state index contributed by atoms with van der Waals surface area (Å²) in [4.78, 5) is 25.3. The van der Waals surface area contributed by atoms with Crippen LogP contribution in [0.25, 0.3) is 0 Å². The van der Waals surface area contributed by atoms with E-state index in [4.69, 9.17) is 16.3 Å². The minimum Gasteiger partial charge on any atom is -0.495 e. The average molecular weight is 502 g/mol. The zero-order valence-corrected chi connectivity index (χ0v) is 21.1. The minimum atomic E-state index is -0.363. The van der Waals surface area contributed by atoms with Gasteiger partial charge in [0.1, 0.15) is 5.75 Å². The largest absolute Gasteiger partial charge is 0.495 e. The van der Waals surface area contributed by atoms with Gasteiger partial charge in [0, 0.05) is 7.05 Å². The van der Waals surface area contributed by atoms with Gasteiger partial charge in [0.15, 0.2) is 11.0 Å². The number of nitrogens with zero attached hydrogens (tertiary/aromatic N) is 3. The zero-order chi connectivity index (χ0) is 24.7. The number of benzene rings is 2. The molecule has 0 fully saturated rings. The maximum absolute atomic E-state index is 12.9. The highest BCUT2D eigenvalue weighted by Crippen LogP contribution is 2.26. The Labute approximate surface area is 208 Å². The van der Waals surface area contributed by atoms with Crippen molar-refractivity contribution in [2.24, 2.45) is 13.0 Å². The van der Waals surface area contributed by atoms with Gasteiger partial charge in [0.25, 0.3) is 5.91 Å². The fraction of sp³-hybridized carbons (Fsp3) is 0.333. The summed E-state index contributed by atoms with van der Waals surface area (Å²) < 4.78 is 7.08. The van der Waals surface area contributed by atoms with E-state index in [0.717, 1.165) is 0 Å². The van der Waals surface area contributed by atoms with Gasteiger partial charge >= 0.3 is 0 Å². The molecule has 1 aromatic heterocycles. The van der Waals surface area contributed by atoms with Gasteiger partial charge in [-0.2, -0.15) is 0 Å². The third kappa shape index (κ3) is 6.51. The lowest BCUT2D eigenvalue weighted by Gasteiger charge is -2.20. The number of methoxy groups -OCH3 is 1. The number of rotatable bonds is 10. The second-order valence-electron chi connectivity index (χ2n) is 8.07. The molecule has 1 atom stereocenters. The smallest absolute Gasteiger partial charge is 0.253 e. The summed E-state index contributed by atoms with van der Waals surface area (Å²) in [5, 5.41) is 15.4. The molecule has 180 valence electrons. The molecule has 2 N–H and O–H groups in total. The van der Waals surface area contributed by atoms with E-state index in [2.05, 4.69) is 34.7 Å². The van der Waals surface area contributed by atoms with Crippen LogP contribution in [0, 0.1) is 5.92 Å². The predicted octanol–water partition coefficient (Wildman–Crippen LogP) is 4.73. The van der Waals surface area contributed by atoms with Gasteiger partial charge in [-0.15, -0.1) is 10.2 Å². The summed E-state index contributed by atoms with van der Waals surface area (Å²) in [6, 6.07) is 13.8. The van der Waals surface area contributed by atoms with E-state index < -0.39 is 0 Å². The van der Waals surface area contributed by atoms with Crippen LogP contribution in [-0.4, -0.2) is 39.4 Å². The molecule has 10 heteroatoms. The molecule has 0 aliphatic heterocycles. The van der Waals surface area contributed by atoms with Crippen LogP contribution < -0.4 is 15.4 Å². The number of ether oxygens (including phenoxy) is 1. The number of anilines is 1. The molecule has 34 heavy (non-hydrogen) atoms. The van der Waals surface area contributed by atoms with Crippen molar-refractivity contribution < 1.29 is 14.3 Å². The summed E-state index contributed by atoms with van der Waals surface area (Å²) in [5.74, 6) is 1.19. The summed E-state index contributed by atoms with van der Waals surface area (Å²) in [7, 11) is 3.38. The Morgan fingerprint density at radius 3 is 2.53 bits per heavy atom. The second-order valence-corrected chi connectivity index (χ2v) is 9.42. The van der Waals surface area contributed by atoms with Gasteiger partial charge in [0.05, 0.1) is 35.2 Å². The summed E-state index contributed by atoms with van der Waals surface area (Å²) >= 11 is 7.46. The molecule has 0 aliphatic rings. The van der Waals surface area contributed by atoms with Crippen molar-refractivity contribution in [2.45, 2.75) is 31.5 Å².